The summed E-state index contributed by atoms with van der Waals surface area (Å²) in [6.07, 6.45) is 1.96. The summed E-state index contributed by atoms with van der Waals surface area (Å²) in [6, 6.07) is 13.3. The van der Waals surface area contributed by atoms with Crippen molar-refractivity contribution < 1.29 is 14.2 Å². The molecule has 1 aliphatic rings. The zero-order chi connectivity index (χ0) is 22.1. The molecule has 0 radical (unpaired) electrons. The molecule has 0 spiro atoms. The minimum absolute atomic E-state index is 0.235. The molecule has 0 bridgehead atoms. The van der Waals surface area contributed by atoms with E-state index in [4.69, 9.17) is 4.74 Å². The highest BCUT2D eigenvalue weighted by Gasteiger charge is 2.19. The first kappa shape index (κ1) is 22.9. The molecule has 1 saturated heterocycles. The van der Waals surface area contributed by atoms with E-state index < -0.39 is 0 Å². The van der Waals surface area contributed by atoms with Gasteiger partial charge in [0.2, 0.25) is 0 Å². The Morgan fingerprint density at radius 1 is 1.13 bits per heavy atom. The third-order valence-corrected chi connectivity index (χ3v) is 5.45. The van der Waals surface area contributed by atoms with Crippen LogP contribution in [-0.4, -0.2) is 50.5 Å². The van der Waals surface area contributed by atoms with Crippen molar-refractivity contribution in [1.82, 2.24) is 10.6 Å². The van der Waals surface area contributed by atoms with E-state index in [2.05, 4.69) is 27.8 Å². The van der Waals surface area contributed by atoms with E-state index in [1.165, 1.54) is 5.56 Å². The number of aliphatic hydroxyl groups is 1. The maximum Gasteiger partial charge on any atom is 0.191 e. The van der Waals surface area contributed by atoms with Crippen LogP contribution in [0.25, 0.3) is 0 Å². The van der Waals surface area contributed by atoms with Gasteiger partial charge in [-0.15, -0.1) is 0 Å². The number of nitrogens with zero attached hydrogens (tertiary/aromatic N) is 2. The summed E-state index contributed by atoms with van der Waals surface area (Å²) in [5.74, 6) is 1.33. The molecule has 2 aromatic rings. The first-order chi connectivity index (χ1) is 15.1. The molecule has 0 unspecified atom stereocenters. The van der Waals surface area contributed by atoms with Crippen LogP contribution in [0.4, 0.5) is 10.1 Å². The van der Waals surface area contributed by atoms with Crippen LogP contribution in [0.5, 0.6) is 5.75 Å². The second-order valence-corrected chi connectivity index (χ2v) is 7.72. The Bertz CT molecular complexity index is 849. The molecule has 0 amide bonds. The van der Waals surface area contributed by atoms with Gasteiger partial charge in [-0.3, -0.25) is 0 Å². The van der Waals surface area contributed by atoms with E-state index in [1.54, 1.807) is 13.2 Å². The van der Waals surface area contributed by atoms with Gasteiger partial charge in [0.25, 0.3) is 0 Å². The van der Waals surface area contributed by atoms with E-state index in [-0.39, 0.29) is 11.9 Å². The molecule has 0 saturated carbocycles. The molecule has 3 N–H and O–H groups in total. The Morgan fingerprint density at radius 3 is 2.48 bits per heavy atom. The number of anilines is 1. The normalized spacial score (nSPS) is 15.1. The van der Waals surface area contributed by atoms with Crippen LogP contribution in [0.3, 0.4) is 0 Å². The van der Waals surface area contributed by atoms with Crippen LogP contribution in [0, 0.1) is 5.82 Å². The standard InChI is InChI=1S/C24H33FN4O2/c1-3-26-24(27-13-10-18-4-7-21(31-2)8-5-18)28-17-19-6-9-23(22(25)16-19)29-14-11-20(30)12-15-29/h4-9,16,20,30H,3,10-15,17H2,1-2H3,(H2,26,27,28). The number of piperidine rings is 1. The summed E-state index contributed by atoms with van der Waals surface area (Å²) >= 11 is 0. The van der Waals surface area contributed by atoms with Gasteiger partial charge in [-0.2, -0.15) is 0 Å². The number of rotatable bonds is 8. The van der Waals surface area contributed by atoms with Crippen molar-refractivity contribution in [3.05, 3.63) is 59.4 Å². The quantitative estimate of drug-likeness (QED) is 0.445. The van der Waals surface area contributed by atoms with E-state index in [1.807, 2.05) is 36.1 Å². The Kier molecular flexibility index (Phi) is 8.53. The molecule has 168 valence electrons. The molecule has 1 aliphatic heterocycles. The van der Waals surface area contributed by atoms with Crippen molar-refractivity contribution in [3.63, 3.8) is 0 Å². The first-order valence-electron chi connectivity index (χ1n) is 11.0. The van der Waals surface area contributed by atoms with Gasteiger partial charge in [-0.05, 0) is 61.6 Å². The second kappa shape index (κ2) is 11.6. The number of halogens is 1. The van der Waals surface area contributed by atoms with E-state index >= 15 is 0 Å². The molecule has 1 heterocycles. The summed E-state index contributed by atoms with van der Waals surface area (Å²) in [5, 5.41) is 16.2. The topological polar surface area (TPSA) is 69.1 Å². The average molecular weight is 429 g/mol. The zero-order valence-electron chi connectivity index (χ0n) is 18.4. The fraction of sp³-hybridized carbons (Fsp3) is 0.458. The second-order valence-electron chi connectivity index (χ2n) is 7.72. The monoisotopic (exact) mass is 428 g/mol. The van der Waals surface area contributed by atoms with Gasteiger partial charge in [-0.1, -0.05) is 18.2 Å². The fourth-order valence-electron chi connectivity index (χ4n) is 3.64. The predicted molar refractivity (Wildman–Crippen MR) is 123 cm³/mol. The van der Waals surface area contributed by atoms with Gasteiger partial charge in [0.05, 0.1) is 25.4 Å². The molecular weight excluding hydrogens is 395 g/mol. The summed E-state index contributed by atoms with van der Waals surface area (Å²) in [4.78, 5) is 6.60. The number of benzene rings is 2. The average Bonchev–Trinajstić information content (AvgIpc) is 2.79. The Balaban J connectivity index is 1.54. The molecule has 0 aromatic heterocycles. The molecule has 1 fully saturated rings. The predicted octanol–water partition coefficient (Wildman–Crippen LogP) is 3.09. The van der Waals surface area contributed by atoms with Crippen LogP contribution in [0.1, 0.15) is 30.9 Å². The fourth-order valence-corrected chi connectivity index (χ4v) is 3.64. The van der Waals surface area contributed by atoms with Crippen molar-refractivity contribution in [2.45, 2.75) is 38.8 Å². The van der Waals surface area contributed by atoms with Crippen LogP contribution in [-0.2, 0) is 13.0 Å². The summed E-state index contributed by atoms with van der Waals surface area (Å²) < 4.78 is 19.8. The Morgan fingerprint density at radius 2 is 1.84 bits per heavy atom. The number of aliphatic imine (C=N–C) groups is 1. The Hall–Kier alpha value is -2.80. The summed E-state index contributed by atoms with van der Waals surface area (Å²) in [7, 11) is 1.66. The SMILES string of the molecule is CCNC(=NCc1ccc(N2CCC(O)CC2)c(F)c1)NCCc1ccc(OC)cc1. The highest BCUT2D eigenvalue weighted by Crippen LogP contribution is 2.24. The highest BCUT2D eigenvalue weighted by atomic mass is 19.1. The molecule has 0 aliphatic carbocycles. The van der Waals surface area contributed by atoms with Gasteiger partial charge < -0.3 is 25.4 Å². The maximum atomic E-state index is 14.7. The lowest BCUT2D eigenvalue weighted by molar-refractivity contribution is 0.145. The van der Waals surface area contributed by atoms with Crippen molar-refractivity contribution in [3.8, 4) is 5.75 Å². The number of aliphatic hydroxyl groups excluding tert-OH is 1. The van der Waals surface area contributed by atoms with Crippen LogP contribution >= 0.6 is 0 Å². The van der Waals surface area contributed by atoms with Gasteiger partial charge in [-0.25, -0.2) is 9.38 Å². The van der Waals surface area contributed by atoms with Crippen molar-refractivity contribution >= 4 is 11.6 Å². The maximum absolute atomic E-state index is 14.7. The summed E-state index contributed by atoms with van der Waals surface area (Å²) in [5.41, 5.74) is 2.64. The van der Waals surface area contributed by atoms with Gasteiger partial charge in [0.15, 0.2) is 5.96 Å². The van der Waals surface area contributed by atoms with Crippen LogP contribution in [0.2, 0.25) is 0 Å². The van der Waals surface area contributed by atoms with E-state index in [9.17, 15) is 9.50 Å². The minimum atomic E-state index is -0.269. The number of nitrogens with one attached hydrogen (secondary N) is 2. The lowest BCUT2D eigenvalue weighted by Crippen LogP contribution is -2.38. The number of hydrogen-bond donors (Lipinski definition) is 3. The lowest BCUT2D eigenvalue weighted by atomic mass is 10.1. The third-order valence-electron chi connectivity index (χ3n) is 5.45. The van der Waals surface area contributed by atoms with Gasteiger partial charge in [0, 0.05) is 26.2 Å². The molecular formula is C24H33FN4O2. The number of ether oxygens (including phenoxy) is 1. The number of guanidine groups is 1. The van der Waals surface area contributed by atoms with Gasteiger partial charge >= 0.3 is 0 Å². The van der Waals surface area contributed by atoms with Gasteiger partial charge in [0.1, 0.15) is 11.6 Å². The van der Waals surface area contributed by atoms with Crippen LogP contribution < -0.4 is 20.3 Å². The van der Waals surface area contributed by atoms with Crippen molar-refractivity contribution in [2.24, 2.45) is 4.99 Å². The molecule has 3 rings (SSSR count). The zero-order valence-corrected chi connectivity index (χ0v) is 18.4. The Labute approximate surface area is 184 Å². The van der Waals surface area contributed by atoms with Crippen molar-refractivity contribution in [2.75, 3.05) is 38.2 Å². The minimum Gasteiger partial charge on any atom is -0.497 e. The molecule has 0 atom stereocenters. The summed E-state index contributed by atoms with van der Waals surface area (Å²) in [6.45, 7) is 5.27. The van der Waals surface area contributed by atoms with Crippen molar-refractivity contribution in [1.29, 1.82) is 0 Å². The van der Waals surface area contributed by atoms with E-state index in [0.717, 1.165) is 30.8 Å². The highest BCUT2D eigenvalue weighted by molar-refractivity contribution is 5.79. The first-order valence-corrected chi connectivity index (χ1v) is 11.0. The molecule has 31 heavy (non-hydrogen) atoms. The molecule has 2 aromatic carbocycles. The number of methoxy groups -OCH3 is 1. The smallest absolute Gasteiger partial charge is 0.191 e. The van der Waals surface area contributed by atoms with Crippen LogP contribution in [0.15, 0.2) is 47.5 Å². The number of hydrogen-bond acceptors (Lipinski definition) is 4. The molecule has 6 nitrogen and oxygen atoms in total. The largest absolute Gasteiger partial charge is 0.497 e. The third kappa shape index (κ3) is 6.85. The molecule has 7 heteroatoms. The lowest BCUT2D eigenvalue weighted by Gasteiger charge is -2.31. The van der Waals surface area contributed by atoms with E-state index in [0.29, 0.717) is 44.1 Å².